The Kier molecular flexibility index (Phi) is 3.25. The lowest BCUT2D eigenvalue weighted by Crippen LogP contribution is -2.23. The fourth-order valence-corrected chi connectivity index (χ4v) is 2.02. The third-order valence-electron chi connectivity index (χ3n) is 2.64. The number of ether oxygens (including phenoxy) is 2. The molecule has 1 aliphatic heterocycles. The van der Waals surface area contributed by atoms with Crippen LogP contribution < -0.4 is 0 Å². The first-order valence-electron chi connectivity index (χ1n) is 4.88. The second-order valence-corrected chi connectivity index (χ2v) is 3.97. The van der Waals surface area contributed by atoms with Crippen LogP contribution in [0, 0.1) is 5.92 Å². The Balaban J connectivity index is 1.84. The van der Waals surface area contributed by atoms with Crippen LogP contribution in [-0.4, -0.2) is 24.9 Å². The van der Waals surface area contributed by atoms with Crippen molar-refractivity contribution in [1.82, 2.24) is 0 Å². The fourth-order valence-electron chi connectivity index (χ4n) is 1.86. The van der Waals surface area contributed by atoms with Crippen molar-refractivity contribution in [1.29, 1.82) is 0 Å². The van der Waals surface area contributed by atoms with Gasteiger partial charge in [0, 0.05) is 5.92 Å². The van der Waals surface area contributed by atoms with Crippen molar-refractivity contribution in [3.8, 4) is 0 Å². The van der Waals surface area contributed by atoms with Gasteiger partial charge in [0.1, 0.15) is 0 Å². The van der Waals surface area contributed by atoms with Crippen molar-refractivity contribution >= 4 is 11.6 Å². The van der Waals surface area contributed by atoms with Gasteiger partial charge in [0.15, 0.2) is 6.29 Å². The lowest BCUT2D eigenvalue weighted by atomic mass is 9.94. The molecule has 0 N–H and O–H groups in total. The van der Waals surface area contributed by atoms with Crippen LogP contribution in [0.4, 0.5) is 0 Å². The van der Waals surface area contributed by atoms with E-state index in [1.807, 2.05) is 0 Å². The number of rotatable bonds is 2. The molecule has 0 saturated carbocycles. The van der Waals surface area contributed by atoms with Crippen LogP contribution in [0.1, 0.15) is 19.3 Å². The summed E-state index contributed by atoms with van der Waals surface area (Å²) < 4.78 is 11.2. The topological polar surface area (TPSA) is 18.5 Å². The lowest BCUT2D eigenvalue weighted by molar-refractivity contribution is -0.0955. The number of allylic oxidation sites excluding steroid dienone is 2. The number of alkyl halides is 1. The first kappa shape index (κ1) is 9.50. The number of halogens is 1. The minimum Gasteiger partial charge on any atom is -0.350 e. The molecule has 1 heterocycles. The molecule has 0 aromatic carbocycles. The van der Waals surface area contributed by atoms with Gasteiger partial charge in [0.2, 0.25) is 0 Å². The summed E-state index contributed by atoms with van der Waals surface area (Å²) in [5.74, 6) is 1.08. The fraction of sp³-hybridized carbons (Fsp3) is 0.800. The molecule has 0 bridgehead atoms. The summed E-state index contributed by atoms with van der Waals surface area (Å²) in [6.45, 7) is 0.661. The van der Waals surface area contributed by atoms with Crippen molar-refractivity contribution in [3.63, 3.8) is 0 Å². The van der Waals surface area contributed by atoms with Crippen molar-refractivity contribution in [2.75, 3.05) is 12.5 Å². The van der Waals surface area contributed by atoms with Crippen LogP contribution in [0.5, 0.6) is 0 Å². The standard InChI is InChI=1S/C10H15ClO2/c11-6-9-7-12-10(13-9)8-4-2-1-3-5-8/h1-2,8-10H,3-7H2/t8-,9+,10-/m1/s1. The first-order chi connectivity index (χ1) is 6.40. The quantitative estimate of drug-likeness (QED) is 0.506. The van der Waals surface area contributed by atoms with Crippen LogP contribution in [0.3, 0.4) is 0 Å². The van der Waals surface area contributed by atoms with Gasteiger partial charge in [-0.05, 0) is 19.3 Å². The maximum atomic E-state index is 5.69. The molecule has 0 aromatic rings. The van der Waals surface area contributed by atoms with Crippen molar-refractivity contribution < 1.29 is 9.47 Å². The molecule has 3 atom stereocenters. The van der Waals surface area contributed by atoms with E-state index in [1.54, 1.807) is 0 Å². The molecule has 2 rings (SSSR count). The van der Waals surface area contributed by atoms with Crippen LogP contribution in [-0.2, 0) is 9.47 Å². The van der Waals surface area contributed by atoms with Crippen LogP contribution in [0.15, 0.2) is 12.2 Å². The highest BCUT2D eigenvalue weighted by atomic mass is 35.5. The Labute approximate surface area is 83.9 Å². The van der Waals surface area contributed by atoms with Gasteiger partial charge in [0.25, 0.3) is 0 Å². The highest BCUT2D eigenvalue weighted by Crippen LogP contribution is 2.28. The Morgan fingerprint density at radius 3 is 2.92 bits per heavy atom. The summed E-state index contributed by atoms with van der Waals surface area (Å²) in [5.41, 5.74) is 0. The highest BCUT2D eigenvalue weighted by molar-refractivity contribution is 6.18. The van der Waals surface area contributed by atoms with E-state index >= 15 is 0 Å². The van der Waals surface area contributed by atoms with Gasteiger partial charge in [-0.15, -0.1) is 11.6 Å². The largest absolute Gasteiger partial charge is 0.350 e. The van der Waals surface area contributed by atoms with Gasteiger partial charge >= 0.3 is 0 Å². The van der Waals surface area contributed by atoms with E-state index in [2.05, 4.69) is 12.2 Å². The van der Waals surface area contributed by atoms with Gasteiger partial charge in [-0.2, -0.15) is 0 Å². The molecule has 13 heavy (non-hydrogen) atoms. The number of hydrogen-bond donors (Lipinski definition) is 0. The molecular formula is C10H15ClO2. The van der Waals surface area contributed by atoms with Crippen molar-refractivity contribution in [3.05, 3.63) is 12.2 Å². The molecular weight excluding hydrogens is 188 g/mol. The zero-order valence-corrected chi connectivity index (χ0v) is 8.37. The average Bonchev–Trinajstić information content (AvgIpc) is 2.67. The Morgan fingerprint density at radius 1 is 1.38 bits per heavy atom. The maximum Gasteiger partial charge on any atom is 0.161 e. The molecule has 0 spiro atoms. The van der Waals surface area contributed by atoms with Crippen molar-refractivity contribution in [2.45, 2.75) is 31.7 Å². The zero-order valence-electron chi connectivity index (χ0n) is 7.62. The third kappa shape index (κ3) is 2.25. The zero-order chi connectivity index (χ0) is 9.10. The van der Waals surface area contributed by atoms with E-state index in [4.69, 9.17) is 21.1 Å². The SMILES string of the molecule is ClC[C@H]1CO[C@@H]([C@@H]2CC=CCC2)O1. The minimum atomic E-state index is -0.00583. The van der Waals surface area contributed by atoms with Gasteiger partial charge in [-0.25, -0.2) is 0 Å². The summed E-state index contributed by atoms with van der Waals surface area (Å²) in [5, 5.41) is 0. The van der Waals surface area contributed by atoms with E-state index in [1.165, 1.54) is 6.42 Å². The van der Waals surface area contributed by atoms with Crippen LogP contribution in [0.2, 0.25) is 0 Å². The normalized spacial score (nSPS) is 39.6. The van der Waals surface area contributed by atoms with E-state index in [9.17, 15) is 0 Å². The molecule has 1 fully saturated rings. The summed E-state index contributed by atoms with van der Waals surface area (Å²) >= 11 is 5.69. The van der Waals surface area contributed by atoms with Crippen LogP contribution >= 0.6 is 11.6 Å². The molecule has 3 heteroatoms. The number of hydrogen-bond acceptors (Lipinski definition) is 2. The molecule has 2 aliphatic rings. The molecule has 0 amide bonds. The molecule has 2 nitrogen and oxygen atoms in total. The molecule has 0 radical (unpaired) electrons. The molecule has 74 valence electrons. The van der Waals surface area contributed by atoms with E-state index in [0.29, 0.717) is 18.4 Å². The maximum absolute atomic E-state index is 5.69. The second-order valence-electron chi connectivity index (χ2n) is 3.66. The Hall–Kier alpha value is -0.0500. The monoisotopic (exact) mass is 202 g/mol. The van der Waals surface area contributed by atoms with E-state index < -0.39 is 0 Å². The minimum absolute atomic E-state index is 0.00583. The second kappa shape index (κ2) is 4.45. The Bertz CT molecular complexity index is 193. The predicted molar refractivity (Wildman–Crippen MR) is 51.8 cm³/mol. The Morgan fingerprint density at radius 2 is 2.31 bits per heavy atom. The van der Waals surface area contributed by atoms with Gasteiger partial charge in [-0.3, -0.25) is 0 Å². The smallest absolute Gasteiger partial charge is 0.161 e. The summed E-state index contributed by atoms with van der Waals surface area (Å²) in [7, 11) is 0. The summed E-state index contributed by atoms with van der Waals surface area (Å²) in [6.07, 6.45) is 7.96. The third-order valence-corrected chi connectivity index (χ3v) is 2.98. The molecule has 1 saturated heterocycles. The first-order valence-corrected chi connectivity index (χ1v) is 5.41. The predicted octanol–water partition coefficient (Wildman–Crippen LogP) is 2.32. The van der Waals surface area contributed by atoms with Gasteiger partial charge < -0.3 is 9.47 Å². The van der Waals surface area contributed by atoms with Crippen molar-refractivity contribution in [2.24, 2.45) is 5.92 Å². The van der Waals surface area contributed by atoms with Gasteiger partial charge in [-0.1, -0.05) is 12.2 Å². The molecule has 1 aliphatic carbocycles. The van der Waals surface area contributed by atoms with E-state index in [-0.39, 0.29) is 12.4 Å². The summed E-state index contributed by atoms with van der Waals surface area (Å²) in [4.78, 5) is 0. The van der Waals surface area contributed by atoms with E-state index in [0.717, 1.165) is 12.8 Å². The highest BCUT2D eigenvalue weighted by Gasteiger charge is 2.31. The van der Waals surface area contributed by atoms with Crippen LogP contribution in [0.25, 0.3) is 0 Å². The average molecular weight is 203 g/mol. The molecule has 0 aromatic heterocycles. The molecule has 0 unspecified atom stereocenters. The summed E-state index contributed by atoms with van der Waals surface area (Å²) in [6, 6.07) is 0. The van der Waals surface area contributed by atoms with Gasteiger partial charge in [0.05, 0.1) is 18.6 Å². The lowest BCUT2D eigenvalue weighted by Gasteiger charge is -2.23.